The van der Waals surface area contributed by atoms with Gasteiger partial charge in [-0.25, -0.2) is 4.68 Å². The number of carbonyl (C=O) groups excluding carboxylic acids is 1. The molecule has 20 heavy (non-hydrogen) atoms. The summed E-state index contributed by atoms with van der Waals surface area (Å²) in [6.07, 6.45) is 8.79. The molecule has 0 aliphatic heterocycles. The number of aryl methyl sites for hydroxylation is 1. The Balaban J connectivity index is 1.51. The monoisotopic (exact) mass is 277 g/mol. The molecular formula is C14H23N5O. The van der Waals surface area contributed by atoms with Crippen LogP contribution < -0.4 is 5.32 Å². The van der Waals surface area contributed by atoms with Crippen LogP contribution in [-0.4, -0.2) is 26.1 Å². The van der Waals surface area contributed by atoms with E-state index in [4.69, 9.17) is 0 Å². The van der Waals surface area contributed by atoms with Crippen molar-refractivity contribution in [2.75, 3.05) is 0 Å². The lowest BCUT2D eigenvalue weighted by molar-refractivity contribution is -0.127. The molecule has 0 bridgehead atoms. The molecule has 2 saturated carbocycles. The molecule has 3 rings (SSSR count). The lowest BCUT2D eigenvalue weighted by Gasteiger charge is -2.38. The summed E-state index contributed by atoms with van der Waals surface area (Å²) in [4.78, 5) is 12.3. The molecule has 6 nitrogen and oxygen atoms in total. The number of rotatable bonds is 3. The van der Waals surface area contributed by atoms with E-state index < -0.39 is 0 Å². The van der Waals surface area contributed by atoms with E-state index in [1.54, 1.807) is 11.7 Å². The minimum atomic E-state index is 0.178. The summed E-state index contributed by atoms with van der Waals surface area (Å²) in [6.45, 7) is 0.424. The van der Waals surface area contributed by atoms with Crippen molar-refractivity contribution in [2.45, 2.75) is 51.5 Å². The van der Waals surface area contributed by atoms with Gasteiger partial charge in [-0.05, 0) is 41.5 Å². The maximum atomic E-state index is 12.3. The van der Waals surface area contributed by atoms with Gasteiger partial charge in [0, 0.05) is 13.0 Å². The van der Waals surface area contributed by atoms with Crippen molar-refractivity contribution >= 4 is 5.91 Å². The molecule has 6 heteroatoms. The van der Waals surface area contributed by atoms with Gasteiger partial charge in [-0.1, -0.05) is 25.7 Å². The zero-order valence-corrected chi connectivity index (χ0v) is 12.1. The molecular weight excluding hydrogens is 254 g/mol. The Kier molecular flexibility index (Phi) is 3.98. The average molecular weight is 277 g/mol. The standard InChI is InChI=1S/C14H23N5O/c1-19-13(16-17-18-19)9-15-14(20)12-7-6-10-4-2-3-5-11(10)8-12/h10-12H,2-9H2,1H3,(H,15,20). The average Bonchev–Trinajstić information content (AvgIpc) is 2.89. The predicted octanol–water partition coefficient (Wildman–Crippen LogP) is 1.43. The van der Waals surface area contributed by atoms with Gasteiger partial charge in [-0.15, -0.1) is 5.10 Å². The van der Waals surface area contributed by atoms with Gasteiger partial charge in [-0.2, -0.15) is 0 Å². The van der Waals surface area contributed by atoms with E-state index in [0.717, 1.165) is 24.7 Å². The highest BCUT2D eigenvalue weighted by Crippen LogP contribution is 2.42. The second-order valence-electron chi connectivity index (χ2n) is 6.25. The van der Waals surface area contributed by atoms with Crippen LogP contribution in [0.25, 0.3) is 0 Å². The number of tetrazole rings is 1. The van der Waals surface area contributed by atoms with Crippen molar-refractivity contribution in [1.29, 1.82) is 0 Å². The summed E-state index contributed by atoms with van der Waals surface area (Å²) in [6, 6.07) is 0. The van der Waals surface area contributed by atoms with Gasteiger partial charge in [0.15, 0.2) is 5.82 Å². The molecule has 0 spiro atoms. The first-order valence-corrected chi connectivity index (χ1v) is 7.73. The van der Waals surface area contributed by atoms with Crippen LogP contribution in [0.1, 0.15) is 50.8 Å². The van der Waals surface area contributed by atoms with Crippen molar-refractivity contribution in [1.82, 2.24) is 25.5 Å². The second kappa shape index (κ2) is 5.89. The summed E-state index contributed by atoms with van der Waals surface area (Å²) in [5.74, 6) is 2.73. The summed E-state index contributed by atoms with van der Waals surface area (Å²) in [5, 5.41) is 14.2. The molecule has 2 fully saturated rings. The van der Waals surface area contributed by atoms with Crippen LogP contribution in [0.4, 0.5) is 0 Å². The molecule has 1 aromatic heterocycles. The molecule has 1 heterocycles. The molecule has 2 aliphatic rings. The largest absolute Gasteiger partial charge is 0.348 e. The Hall–Kier alpha value is -1.46. The van der Waals surface area contributed by atoms with E-state index in [9.17, 15) is 4.79 Å². The fourth-order valence-corrected chi connectivity index (χ4v) is 3.82. The highest BCUT2D eigenvalue weighted by molar-refractivity contribution is 5.78. The molecule has 3 unspecified atom stereocenters. The number of nitrogens with zero attached hydrogens (tertiary/aromatic N) is 4. The van der Waals surface area contributed by atoms with E-state index in [1.807, 2.05) is 0 Å². The number of aromatic nitrogens is 4. The molecule has 0 radical (unpaired) electrons. The van der Waals surface area contributed by atoms with Gasteiger partial charge < -0.3 is 5.32 Å². The zero-order chi connectivity index (χ0) is 13.9. The lowest BCUT2D eigenvalue weighted by Crippen LogP contribution is -2.37. The van der Waals surface area contributed by atoms with Crippen LogP contribution in [0.15, 0.2) is 0 Å². The van der Waals surface area contributed by atoms with Gasteiger partial charge >= 0.3 is 0 Å². The maximum Gasteiger partial charge on any atom is 0.223 e. The van der Waals surface area contributed by atoms with Crippen molar-refractivity contribution in [3.63, 3.8) is 0 Å². The van der Waals surface area contributed by atoms with E-state index in [-0.39, 0.29) is 11.8 Å². The number of carbonyl (C=O) groups is 1. The molecule has 0 saturated heterocycles. The van der Waals surface area contributed by atoms with Crippen molar-refractivity contribution in [3.8, 4) is 0 Å². The third-order valence-electron chi connectivity index (χ3n) is 5.04. The number of nitrogens with one attached hydrogen (secondary N) is 1. The predicted molar refractivity (Wildman–Crippen MR) is 73.4 cm³/mol. The van der Waals surface area contributed by atoms with Gasteiger partial charge in [0.1, 0.15) is 0 Å². The quantitative estimate of drug-likeness (QED) is 0.907. The summed E-state index contributed by atoms with van der Waals surface area (Å²) >= 11 is 0. The smallest absolute Gasteiger partial charge is 0.223 e. The number of hydrogen-bond donors (Lipinski definition) is 1. The SMILES string of the molecule is Cn1nnnc1CNC(=O)C1CCC2CCCCC2C1. The van der Waals surface area contributed by atoms with E-state index in [0.29, 0.717) is 12.4 Å². The van der Waals surface area contributed by atoms with Gasteiger partial charge in [0.05, 0.1) is 6.54 Å². The van der Waals surface area contributed by atoms with Crippen LogP contribution in [0.2, 0.25) is 0 Å². The van der Waals surface area contributed by atoms with Gasteiger partial charge in [0.25, 0.3) is 0 Å². The Bertz CT molecular complexity index is 472. The summed E-state index contributed by atoms with van der Waals surface area (Å²) in [7, 11) is 1.79. The number of amides is 1. The Morgan fingerprint density at radius 3 is 2.80 bits per heavy atom. The Morgan fingerprint density at radius 1 is 1.25 bits per heavy atom. The normalized spacial score (nSPS) is 29.8. The number of hydrogen-bond acceptors (Lipinski definition) is 4. The first kappa shape index (κ1) is 13.5. The second-order valence-corrected chi connectivity index (χ2v) is 6.25. The van der Waals surface area contributed by atoms with Crippen LogP contribution in [0.3, 0.4) is 0 Å². The molecule has 0 aromatic carbocycles. The zero-order valence-electron chi connectivity index (χ0n) is 12.1. The third kappa shape index (κ3) is 2.83. The van der Waals surface area contributed by atoms with Crippen LogP contribution in [0, 0.1) is 17.8 Å². The van der Waals surface area contributed by atoms with Crippen LogP contribution >= 0.6 is 0 Å². The van der Waals surface area contributed by atoms with Gasteiger partial charge in [0.2, 0.25) is 5.91 Å². The highest BCUT2D eigenvalue weighted by Gasteiger charge is 2.34. The van der Waals surface area contributed by atoms with Gasteiger partial charge in [-0.3, -0.25) is 4.79 Å². The Labute approximate surface area is 119 Å². The van der Waals surface area contributed by atoms with Crippen molar-refractivity contribution in [2.24, 2.45) is 24.8 Å². The van der Waals surface area contributed by atoms with Crippen molar-refractivity contribution in [3.05, 3.63) is 5.82 Å². The summed E-state index contributed by atoms with van der Waals surface area (Å²) in [5.41, 5.74) is 0. The van der Waals surface area contributed by atoms with Crippen molar-refractivity contribution < 1.29 is 4.79 Å². The fourth-order valence-electron chi connectivity index (χ4n) is 3.82. The summed E-state index contributed by atoms with van der Waals surface area (Å²) < 4.78 is 1.60. The maximum absolute atomic E-state index is 12.3. The minimum Gasteiger partial charge on any atom is -0.348 e. The molecule has 110 valence electrons. The first-order valence-electron chi connectivity index (χ1n) is 7.73. The first-order chi connectivity index (χ1) is 9.74. The van der Waals surface area contributed by atoms with Crippen LogP contribution in [0.5, 0.6) is 0 Å². The fraction of sp³-hybridized carbons (Fsp3) is 0.857. The third-order valence-corrected chi connectivity index (χ3v) is 5.04. The van der Waals surface area contributed by atoms with E-state index in [1.165, 1.54) is 32.1 Å². The topological polar surface area (TPSA) is 72.7 Å². The van der Waals surface area contributed by atoms with E-state index >= 15 is 0 Å². The molecule has 1 N–H and O–H groups in total. The molecule has 2 aliphatic carbocycles. The molecule has 1 aromatic rings. The van der Waals surface area contributed by atoms with Crippen LogP contribution in [-0.2, 0) is 18.4 Å². The lowest BCUT2D eigenvalue weighted by atomic mass is 9.67. The minimum absolute atomic E-state index is 0.178. The number of fused-ring (bicyclic) bond motifs is 1. The van der Waals surface area contributed by atoms with E-state index in [2.05, 4.69) is 20.8 Å². The Morgan fingerprint density at radius 2 is 2.05 bits per heavy atom. The molecule has 1 amide bonds. The molecule has 3 atom stereocenters. The highest BCUT2D eigenvalue weighted by atomic mass is 16.1.